The van der Waals surface area contributed by atoms with Crippen molar-refractivity contribution in [2.45, 2.75) is 17.8 Å². The summed E-state index contributed by atoms with van der Waals surface area (Å²) in [5.74, 6) is 0.230. The van der Waals surface area contributed by atoms with E-state index < -0.39 is 5.41 Å². The number of pyridine rings is 1. The number of benzene rings is 2. The number of para-hydroxylation sites is 1. The number of rotatable bonds is 1. The number of halogens is 1. The van der Waals surface area contributed by atoms with Gasteiger partial charge in [0.2, 0.25) is 5.91 Å². The predicted octanol–water partition coefficient (Wildman–Crippen LogP) is 4.27. The molecule has 0 bridgehead atoms. The SMILES string of the molecule is O=C1Nc2ccc(Cl)cc2C12CC2c1cccc2cccnc12. The minimum absolute atomic E-state index is 0.0766. The van der Waals surface area contributed by atoms with Crippen molar-refractivity contribution < 1.29 is 4.79 Å². The third-order valence-electron chi connectivity index (χ3n) is 5.12. The first-order valence-electron chi connectivity index (χ1n) is 7.65. The summed E-state index contributed by atoms with van der Waals surface area (Å²) in [7, 11) is 0. The second-order valence-corrected chi connectivity index (χ2v) is 6.73. The molecule has 1 N–H and O–H groups in total. The molecule has 2 aromatic carbocycles. The molecule has 2 aliphatic rings. The molecule has 1 fully saturated rings. The maximum Gasteiger partial charge on any atom is 0.235 e. The molecule has 2 atom stereocenters. The Balaban J connectivity index is 1.69. The molecule has 112 valence electrons. The van der Waals surface area contributed by atoms with Crippen LogP contribution in [-0.4, -0.2) is 10.9 Å². The number of nitrogens with one attached hydrogen (secondary N) is 1. The van der Waals surface area contributed by atoms with E-state index >= 15 is 0 Å². The lowest BCUT2D eigenvalue weighted by Gasteiger charge is -2.10. The zero-order valence-corrected chi connectivity index (χ0v) is 13.0. The minimum Gasteiger partial charge on any atom is -0.325 e. The number of hydrogen-bond acceptors (Lipinski definition) is 2. The lowest BCUT2D eigenvalue weighted by atomic mass is 9.91. The van der Waals surface area contributed by atoms with Gasteiger partial charge in [-0.25, -0.2) is 0 Å². The Bertz CT molecular complexity index is 979. The molecule has 1 saturated carbocycles. The average Bonchev–Trinajstić information content (AvgIpc) is 3.26. The highest BCUT2D eigenvalue weighted by atomic mass is 35.5. The van der Waals surface area contributed by atoms with Crippen molar-refractivity contribution in [3.8, 4) is 0 Å². The van der Waals surface area contributed by atoms with Crippen LogP contribution >= 0.6 is 11.6 Å². The Labute approximate surface area is 138 Å². The third-order valence-corrected chi connectivity index (χ3v) is 5.35. The fourth-order valence-electron chi connectivity index (χ4n) is 3.95. The molecule has 2 unspecified atom stereocenters. The summed E-state index contributed by atoms with van der Waals surface area (Å²) in [4.78, 5) is 17.2. The average molecular weight is 321 g/mol. The van der Waals surface area contributed by atoms with E-state index in [0.29, 0.717) is 5.02 Å². The molecule has 1 spiro atoms. The summed E-state index contributed by atoms with van der Waals surface area (Å²) in [6.45, 7) is 0. The lowest BCUT2D eigenvalue weighted by Crippen LogP contribution is -2.21. The second kappa shape index (κ2) is 4.33. The summed E-state index contributed by atoms with van der Waals surface area (Å²) in [6.07, 6.45) is 2.61. The number of hydrogen-bond donors (Lipinski definition) is 1. The van der Waals surface area contributed by atoms with E-state index in [2.05, 4.69) is 28.5 Å². The maximum atomic E-state index is 12.7. The fourth-order valence-corrected chi connectivity index (χ4v) is 4.12. The van der Waals surface area contributed by atoms with E-state index in [9.17, 15) is 4.79 Å². The number of anilines is 1. The molecular formula is C19H13ClN2O. The summed E-state index contributed by atoms with van der Waals surface area (Å²) >= 11 is 6.16. The molecule has 1 aliphatic carbocycles. The Hall–Kier alpha value is -2.39. The van der Waals surface area contributed by atoms with E-state index in [-0.39, 0.29) is 11.8 Å². The van der Waals surface area contributed by atoms with Crippen molar-refractivity contribution in [2.24, 2.45) is 0 Å². The van der Waals surface area contributed by atoms with E-state index in [1.165, 1.54) is 0 Å². The largest absolute Gasteiger partial charge is 0.325 e. The summed E-state index contributed by atoms with van der Waals surface area (Å²) in [5, 5.41) is 4.78. The molecule has 4 heteroatoms. The van der Waals surface area contributed by atoms with Crippen molar-refractivity contribution >= 4 is 34.1 Å². The first-order valence-corrected chi connectivity index (χ1v) is 8.03. The molecule has 1 aliphatic heterocycles. The first-order chi connectivity index (χ1) is 11.2. The Morgan fingerprint density at radius 1 is 1.17 bits per heavy atom. The number of carbonyl (C=O) groups is 1. The van der Waals surface area contributed by atoms with Crippen molar-refractivity contribution in [1.29, 1.82) is 0 Å². The van der Waals surface area contributed by atoms with Crippen LogP contribution in [-0.2, 0) is 10.2 Å². The highest BCUT2D eigenvalue weighted by Crippen LogP contribution is 2.65. The van der Waals surface area contributed by atoms with Gasteiger partial charge in [-0.1, -0.05) is 35.9 Å². The van der Waals surface area contributed by atoms with Crippen LogP contribution in [0.15, 0.2) is 54.7 Å². The standard InChI is InChI=1S/C19H13ClN2O/c20-12-6-7-16-14(9-12)19(18(23)22-16)10-15(19)13-5-1-3-11-4-2-8-21-17(11)13/h1-9,15H,10H2,(H,22,23). The van der Waals surface area contributed by atoms with Crippen LogP contribution in [0.5, 0.6) is 0 Å². The van der Waals surface area contributed by atoms with E-state index in [1.54, 1.807) is 6.20 Å². The Kier molecular flexibility index (Phi) is 2.46. The minimum atomic E-state index is -0.480. The summed E-state index contributed by atoms with van der Waals surface area (Å²) in [5.41, 5.74) is 3.56. The van der Waals surface area contributed by atoms with Gasteiger partial charge in [-0.2, -0.15) is 0 Å². The van der Waals surface area contributed by atoms with Crippen LogP contribution in [0.2, 0.25) is 5.02 Å². The van der Waals surface area contributed by atoms with Crippen LogP contribution in [0.1, 0.15) is 23.5 Å². The molecule has 3 aromatic rings. The van der Waals surface area contributed by atoms with E-state index in [4.69, 9.17) is 11.6 Å². The number of aromatic nitrogens is 1. The zero-order chi connectivity index (χ0) is 15.6. The molecule has 0 radical (unpaired) electrons. The summed E-state index contributed by atoms with van der Waals surface area (Å²) < 4.78 is 0. The molecular weight excluding hydrogens is 308 g/mol. The molecule has 0 saturated heterocycles. The Morgan fingerprint density at radius 3 is 2.96 bits per heavy atom. The van der Waals surface area contributed by atoms with Crippen LogP contribution in [0.3, 0.4) is 0 Å². The Morgan fingerprint density at radius 2 is 2.04 bits per heavy atom. The summed E-state index contributed by atoms with van der Waals surface area (Å²) in [6, 6.07) is 15.8. The molecule has 5 rings (SSSR count). The molecule has 2 heterocycles. The maximum absolute atomic E-state index is 12.7. The quantitative estimate of drug-likeness (QED) is 0.727. The van der Waals surface area contributed by atoms with Gasteiger partial charge in [-0.15, -0.1) is 0 Å². The number of nitrogens with zero attached hydrogens (tertiary/aromatic N) is 1. The number of carbonyl (C=O) groups excluding carboxylic acids is 1. The van der Waals surface area contributed by atoms with Gasteiger partial charge < -0.3 is 5.32 Å². The van der Waals surface area contributed by atoms with Gasteiger partial charge in [-0.3, -0.25) is 9.78 Å². The van der Waals surface area contributed by atoms with Gasteiger partial charge in [0.15, 0.2) is 0 Å². The van der Waals surface area contributed by atoms with Crippen LogP contribution < -0.4 is 5.32 Å². The van der Waals surface area contributed by atoms with Crippen LogP contribution in [0.4, 0.5) is 5.69 Å². The number of amides is 1. The van der Waals surface area contributed by atoms with E-state index in [1.807, 2.05) is 30.3 Å². The zero-order valence-electron chi connectivity index (χ0n) is 12.2. The van der Waals surface area contributed by atoms with Crippen molar-refractivity contribution in [2.75, 3.05) is 5.32 Å². The predicted molar refractivity (Wildman–Crippen MR) is 90.9 cm³/mol. The topological polar surface area (TPSA) is 42.0 Å². The third kappa shape index (κ3) is 1.66. The molecule has 1 amide bonds. The highest BCUT2D eigenvalue weighted by molar-refractivity contribution is 6.31. The first kappa shape index (κ1) is 13.1. The lowest BCUT2D eigenvalue weighted by molar-refractivity contribution is -0.118. The van der Waals surface area contributed by atoms with Gasteiger partial charge in [0.25, 0.3) is 0 Å². The molecule has 1 aromatic heterocycles. The highest BCUT2D eigenvalue weighted by Gasteiger charge is 2.65. The van der Waals surface area contributed by atoms with Gasteiger partial charge in [0.1, 0.15) is 0 Å². The van der Waals surface area contributed by atoms with Crippen LogP contribution in [0, 0.1) is 0 Å². The van der Waals surface area contributed by atoms with Gasteiger partial charge in [0.05, 0.1) is 10.9 Å². The van der Waals surface area contributed by atoms with Crippen molar-refractivity contribution in [1.82, 2.24) is 4.98 Å². The van der Waals surface area contributed by atoms with Crippen molar-refractivity contribution in [3.63, 3.8) is 0 Å². The van der Waals surface area contributed by atoms with Gasteiger partial charge >= 0.3 is 0 Å². The smallest absolute Gasteiger partial charge is 0.235 e. The fraction of sp³-hybridized carbons (Fsp3) is 0.158. The molecule has 3 nitrogen and oxygen atoms in total. The monoisotopic (exact) mass is 320 g/mol. The van der Waals surface area contributed by atoms with Crippen molar-refractivity contribution in [3.05, 3.63) is 70.9 Å². The second-order valence-electron chi connectivity index (χ2n) is 6.29. The van der Waals surface area contributed by atoms with Gasteiger partial charge in [0, 0.05) is 28.2 Å². The normalized spacial score (nSPS) is 24.7. The number of fused-ring (bicyclic) bond motifs is 3. The van der Waals surface area contributed by atoms with Gasteiger partial charge in [-0.05, 0) is 41.8 Å². The van der Waals surface area contributed by atoms with Crippen LogP contribution in [0.25, 0.3) is 10.9 Å². The van der Waals surface area contributed by atoms with E-state index in [0.717, 1.165) is 34.1 Å². The molecule has 23 heavy (non-hydrogen) atoms.